The molecule has 1 N–H and O–H groups in total. The van der Waals surface area contributed by atoms with E-state index in [-0.39, 0.29) is 5.91 Å². The minimum atomic E-state index is 0.215. The molecule has 4 nitrogen and oxygen atoms in total. The third-order valence-corrected chi connectivity index (χ3v) is 3.68. The van der Waals surface area contributed by atoms with Crippen LogP contribution in [0.4, 0.5) is 0 Å². The zero-order chi connectivity index (χ0) is 12.8. The SMILES string of the molecule is COCCNCC(=O)N1CC(C)CC(C)C1C. The summed E-state index contributed by atoms with van der Waals surface area (Å²) in [4.78, 5) is 14.1. The summed E-state index contributed by atoms with van der Waals surface area (Å²) in [7, 11) is 1.67. The van der Waals surface area contributed by atoms with Gasteiger partial charge in [-0.15, -0.1) is 0 Å². The number of hydrogen-bond acceptors (Lipinski definition) is 3. The fraction of sp³-hybridized carbons (Fsp3) is 0.923. The van der Waals surface area contributed by atoms with E-state index in [1.165, 1.54) is 6.42 Å². The normalized spacial score (nSPS) is 29.4. The number of ether oxygens (including phenoxy) is 1. The Kier molecular flexibility index (Phi) is 5.92. The molecule has 0 aliphatic carbocycles. The van der Waals surface area contributed by atoms with Crippen LogP contribution >= 0.6 is 0 Å². The summed E-state index contributed by atoms with van der Waals surface area (Å²) in [6, 6.07) is 0.364. The average molecular weight is 242 g/mol. The Bertz CT molecular complexity index is 246. The second kappa shape index (κ2) is 6.97. The molecule has 17 heavy (non-hydrogen) atoms. The summed E-state index contributed by atoms with van der Waals surface area (Å²) in [6.07, 6.45) is 1.22. The summed E-state index contributed by atoms with van der Waals surface area (Å²) in [5.74, 6) is 1.43. The number of nitrogens with one attached hydrogen (secondary N) is 1. The van der Waals surface area contributed by atoms with E-state index in [0.717, 1.165) is 13.1 Å². The van der Waals surface area contributed by atoms with Crippen LogP contribution in [0.15, 0.2) is 0 Å². The molecule has 0 spiro atoms. The molecule has 1 aliphatic heterocycles. The van der Waals surface area contributed by atoms with Gasteiger partial charge in [-0.1, -0.05) is 13.8 Å². The van der Waals surface area contributed by atoms with Crippen LogP contribution in [0.5, 0.6) is 0 Å². The molecular weight excluding hydrogens is 216 g/mol. The number of methoxy groups -OCH3 is 1. The second-order valence-electron chi connectivity index (χ2n) is 5.27. The third-order valence-electron chi connectivity index (χ3n) is 3.68. The number of hydrogen-bond donors (Lipinski definition) is 1. The quantitative estimate of drug-likeness (QED) is 0.734. The second-order valence-corrected chi connectivity index (χ2v) is 5.27. The molecule has 1 amide bonds. The van der Waals surface area contributed by atoms with E-state index in [9.17, 15) is 4.79 Å². The van der Waals surface area contributed by atoms with E-state index in [1.54, 1.807) is 7.11 Å². The molecular formula is C13H26N2O2. The Hall–Kier alpha value is -0.610. The Morgan fingerprint density at radius 3 is 2.76 bits per heavy atom. The van der Waals surface area contributed by atoms with Gasteiger partial charge >= 0.3 is 0 Å². The number of rotatable bonds is 5. The Labute approximate surface area is 105 Å². The van der Waals surface area contributed by atoms with Crippen molar-refractivity contribution in [3.63, 3.8) is 0 Å². The van der Waals surface area contributed by atoms with Crippen molar-refractivity contribution in [1.29, 1.82) is 0 Å². The maximum absolute atomic E-state index is 12.1. The molecule has 0 radical (unpaired) electrons. The lowest BCUT2D eigenvalue weighted by atomic mass is 9.86. The number of piperidine rings is 1. The molecule has 0 saturated carbocycles. The summed E-state index contributed by atoms with van der Waals surface area (Å²) < 4.78 is 4.94. The number of likely N-dealkylation sites (tertiary alicyclic amines) is 1. The van der Waals surface area contributed by atoms with Gasteiger partial charge in [0.05, 0.1) is 13.2 Å². The molecule has 1 saturated heterocycles. The van der Waals surface area contributed by atoms with Crippen molar-refractivity contribution in [3.8, 4) is 0 Å². The van der Waals surface area contributed by atoms with Gasteiger partial charge in [-0.2, -0.15) is 0 Å². The van der Waals surface area contributed by atoms with E-state index >= 15 is 0 Å². The zero-order valence-electron chi connectivity index (χ0n) is 11.5. The lowest BCUT2D eigenvalue weighted by molar-refractivity contribution is -0.136. The van der Waals surface area contributed by atoms with Crippen molar-refractivity contribution in [2.24, 2.45) is 11.8 Å². The standard InChI is InChI=1S/C13H26N2O2/c1-10-7-11(2)12(3)15(9-10)13(16)8-14-5-6-17-4/h10-12,14H,5-9H2,1-4H3. The topological polar surface area (TPSA) is 41.6 Å². The van der Waals surface area contributed by atoms with Crippen LogP contribution in [0.3, 0.4) is 0 Å². The smallest absolute Gasteiger partial charge is 0.236 e. The Morgan fingerprint density at radius 1 is 1.41 bits per heavy atom. The summed E-state index contributed by atoms with van der Waals surface area (Å²) in [6.45, 7) is 9.32. The van der Waals surface area contributed by atoms with Crippen molar-refractivity contribution in [1.82, 2.24) is 10.2 Å². The van der Waals surface area contributed by atoms with Gasteiger partial charge in [0, 0.05) is 26.2 Å². The highest BCUT2D eigenvalue weighted by Crippen LogP contribution is 2.26. The first-order valence-corrected chi connectivity index (χ1v) is 6.55. The van der Waals surface area contributed by atoms with E-state index in [2.05, 4.69) is 26.1 Å². The van der Waals surface area contributed by atoms with E-state index in [0.29, 0.717) is 31.0 Å². The maximum Gasteiger partial charge on any atom is 0.236 e. The predicted octanol–water partition coefficient (Wildman–Crippen LogP) is 1.12. The number of carbonyl (C=O) groups excluding carboxylic acids is 1. The van der Waals surface area contributed by atoms with Gasteiger partial charge in [0.1, 0.15) is 0 Å². The fourth-order valence-corrected chi connectivity index (χ4v) is 2.52. The molecule has 1 heterocycles. The predicted molar refractivity (Wildman–Crippen MR) is 68.9 cm³/mol. The first-order valence-electron chi connectivity index (χ1n) is 6.55. The van der Waals surface area contributed by atoms with Crippen LogP contribution in [0.2, 0.25) is 0 Å². The average Bonchev–Trinajstić information content (AvgIpc) is 2.29. The molecule has 3 atom stereocenters. The van der Waals surface area contributed by atoms with Crippen LogP contribution in [-0.2, 0) is 9.53 Å². The van der Waals surface area contributed by atoms with Crippen LogP contribution in [-0.4, -0.2) is 50.2 Å². The fourth-order valence-electron chi connectivity index (χ4n) is 2.52. The van der Waals surface area contributed by atoms with E-state index < -0.39 is 0 Å². The molecule has 1 aliphatic rings. The zero-order valence-corrected chi connectivity index (χ0v) is 11.5. The summed E-state index contributed by atoms with van der Waals surface area (Å²) in [5.41, 5.74) is 0. The van der Waals surface area contributed by atoms with Gasteiger partial charge in [-0.25, -0.2) is 0 Å². The Morgan fingerprint density at radius 2 is 2.12 bits per heavy atom. The van der Waals surface area contributed by atoms with Crippen molar-refractivity contribution < 1.29 is 9.53 Å². The minimum Gasteiger partial charge on any atom is -0.383 e. The molecule has 1 fully saturated rings. The molecule has 0 aromatic carbocycles. The van der Waals surface area contributed by atoms with E-state index in [4.69, 9.17) is 4.74 Å². The van der Waals surface area contributed by atoms with E-state index in [1.807, 2.05) is 4.90 Å². The van der Waals surface area contributed by atoms with Crippen molar-refractivity contribution in [2.45, 2.75) is 33.2 Å². The molecule has 100 valence electrons. The lowest BCUT2D eigenvalue weighted by Gasteiger charge is -2.41. The summed E-state index contributed by atoms with van der Waals surface area (Å²) >= 11 is 0. The number of carbonyl (C=O) groups is 1. The van der Waals surface area contributed by atoms with Crippen molar-refractivity contribution in [2.75, 3.05) is 33.4 Å². The first-order chi connectivity index (χ1) is 8.06. The Balaban J connectivity index is 2.38. The molecule has 0 aromatic heterocycles. The van der Waals surface area contributed by atoms with Crippen LogP contribution in [0, 0.1) is 11.8 Å². The van der Waals surface area contributed by atoms with Gasteiger partial charge in [0.25, 0.3) is 0 Å². The van der Waals surface area contributed by atoms with Crippen LogP contribution < -0.4 is 5.32 Å². The highest BCUT2D eigenvalue weighted by Gasteiger charge is 2.31. The van der Waals surface area contributed by atoms with Gasteiger partial charge in [-0.3, -0.25) is 4.79 Å². The van der Waals surface area contributed by atoms with Gasteiger partial charge in [0.15, 0.2) is 0 Å². The third kappa shape index (κ3) is 4.28. The van der Waals surface area contributed by atoms with Gasteiger partial charge in [0.2, 0.25) is 5.91 Å². The summed E-state index contributed by atoms with van der Waals surface area (Å²) in [5, 5.41) is 3.12. The maximum atomic E-state index is 12.1. The number of nitrogens with zero attached hydrogens (tertiary/aromatic N) is 1. The lowest BCUT2D eigenvalue weighted by Crippen LogP contribution is -2.51. The minimum absolute atomic E-state index is 0.215. The highest BCUT2D eigenvalue weighted by molar-refractivity contribution is 5.78. The highest BCUT2D eigenvalue weighted by atomic mass is 16.5. The van der Waals surface area contributed by atoms with Gasteiger partial charge in [-0.05, 0) is 25.2 Å². The largest absolute Gasteiger partial charge is 0.383 e. The molecule has 1 rings (SSSR count). The molecule has 0 aromatic rings. The van der Waals surface area contributed by atoms with Crippen molar-refractivity contribution in [3.05, 3.63) is 0 Å². The number of amides is 1. The van der Waals surface area contributed by atoms with Crippen LogP contribution in [0.1, 0.15) is 27.2 Å². The molecule has 0 bridgehead atoms. The molecule has 3 unspecified atom stereocenters. The van der Waals surface area contributed by atoms with Crippen LogP contribution in [0.25, 0.3) is 0 Å². The first kappa shape index (κ1) is 14.5. The monoisotopic (exact) mass is 242 g/mol. The molecule has 4 heteroatoms. The van der Waals surface area contributed by atoms with Crippen molar-refractivity contribution >= 4 is 5.91 Å². The van der Waals surface area contributed by atoms with Gasteiger partial charge < -0.3 is 15.0 Å².